The van der Waals surface area contributed by atoms with Crippen LogP contribution in [0, 0.1) is 22.7 Å². The number of hydrogen-bond acceptors (Lipinski definition) is 9. The van der Waals surface area contributed by atoms with Crippen LogP contribution in [0.2, 0.25) is 0 Å². The van der Waals surface area contributed by atoms with Crippen molar-refractivity contribution in [1.29, 1.82) is 10.5 Å². The van der Waals surface area contributed by atoms with E-state index in [2.05, 4.69) is 35.8 Å². The molecule has 0 radical (unpaired) electrons. The molecule has 178 valence electrons. The summed E-state index contributed by atoms with van der Waals surface area (Å²) in [6.45, 7) is 0.365. The third-order valence-electron chi connectivity index (χ3n) is 5.56. The topological polar surface area (TPSA) is 182 Å². The van der Waals surface area contributed by atoms with E-state index in [1.807, 2.05) is 42.5 Å². The predicted molar refractivity (Wildman–Crippen MR) is 137 cm³/mol. The van der Waals surface area contributed by atoms with Gasteiger partial charge in [0.05, 0.1) is 23.2 Å². The Morgan fingerprint density at radius 1 is 0.973 bits per heavy atom. The molecular formula is C26H18N10O. The quantitative estimate of drug-likeness (QED) is 0.278. The zero-order valence-corrected chi connectivity index (χ0v) is 19.2. The second kappa shape index (κ2) is 9.82. The number of fused-ring (bicyclic) bond motifs is 1. The summed E-state index contributed by atoms with van der Waals surface area (Å²) < 4.78 is 0. The lowest BCUT2D eigenvalue weighted by Gasteiger charge is -2.11. The van der Waals surface area contributed by atoms with Crippen LogP contribution in [0.25, 0.3) is 22.2 Å². The third kappa shape index (κ3) is 4.87. The van der Waals surface area contributed by atoms with Crippen molar-refractivity contribution in [2.75, 3.05) is 16.4 Å². The Bertz CT molecular complexity index is 1690. The van der Waals surface area contributed by atoms with Gasteiger partial charge < -0.3 is 16.4 Å². The number of aromatic nitrogens is 5. The molecule has 11 nitrogen and oxygen atoms in total. The number of carbonyl (C=O) groups excluding carboxylic acids is 1. The minimum Gasteiger partial charge on any atom is -0.384 e. The van der Waals surface area contributed by atoms with E-state index >= 15 is 0 Å². The van der Waals surface area contributed by atoms with E-state index < -0.39 is 5.91 Å². The standard InChI is InChI=1S/C26H18N10O/c27-10-15-3-7-19(8-4-15)34-26(37)22-25(32-14-20(11-28)33-22)30-12-16-1-5-17(6-2-16)18-9-21-23(29)35-36-24(21)31-13-18/h1-9,13-14H,12H2,(H,30,32)(H,34,37)(H3,29,31,35,36). The summed E-state index contributed by atoms with van der Waals surface area (Å²) in [6, 6.07) is 20.1. The Morgan fingerprint density at radius 3 is 2.49 bits per heavy atom. The van der Waals surface area contributed by atoms with Gasteiger partial charge in [0.1, 0.15) is 11.9 Å². The Hall–Kier alpha value is -5.81. The van der Waals surface area contributed by atoms with Gasteiger partial charge in [-0.2, -0.15) is 15.6 Å². The highest BCUT2D eigenvalue weighted by atomic mass is 16.1. The summed E-state index contributed by atoms with van der Waals surface area (Å²) in [7, 11) is 0. The number of hydrogen-bond donors (Lipinski definition) is 4. The maximum atomic E-state index is 12.9. The van der Waals surface area contributed by atoms with E-state index in [4.69, 9.17) is 11.0 Å². The lowest BCUT2D eigenvalue weighted by Crippen LogP contribution is -2.18. The maximum absolute atomic E-state index is 12.9. The van der Waals surface area contributed by atoms with Crippen LogP contribution >= 0.6 is 0 Å². The molecule has 0 saturated carbocycles. The molecule has 5 rings (SSSR count). The van der Waals surface area contributed by atoms with Crippen molar-refractivity contribution < 1.29 is 4.79 Å². The molecule has 11 heteroatoms. The highest BCUT2D eigenvalue weighted by molar-refractivity contribution is 6.06. The van der Waals surface area contributed by atoms with Crippen LogP contribution in [0.1, 0.15) is 27.3 Å². The van der Waals surface area contributed by atoms with Crippen molar-refractivity contribution in [2.45, 2.75) is 6.54 Å². The van der Waals surface area contributed by atoms with E-state index in [1.165, 1.54) is 6.20 Å². The van der Waals surface area contributed by atoms with Crippen molar-refractivity contribution in [3.63, 3.8) is 0 Å². The lowest BCUT2D eigenvalue weighted by molar-refractivity contribution is 0.102. The Morgan fingerprint density at radius 2 is 1.76 bits per heavy atom. The number of carbonyl (C=O) groups is 1. The van der Waals surface area contributed by atoms with Gasteiger partial charge in [-0.1, -0.05) is 24.3 Å². The number of nitrogen functional groups attached to an aromatic ring is 1. The molecule has 2 aromatic carbocycles. The molecule has 0 atom stereocenters. The SMILES string of the molecule is N#Cc1ccc(NC(=O)c2nc(C#N)cnc2NCc2ccc(-c3cnc4n[nH]c(N)c4c3)cc2)cc1. The van der Waals surface area contributed by atoms with Gasteiger partial charge in [-0.05, 0) is 41.5 Å². The van der Waals surface area contributed by atoms with Crippen LogP contribution in [0.15, 0.2) is 67.0 Å². The smallest absolute Gasteiger partial charge is 0.278 e. The molecule has 3 heterocycles. The Labute approximate surface area is 210 Å². The molecule has 0 spiro atoms. The molecule has 0 fully saturated rings. The number of anilines is 3. The van der Waals surface area contributed by atoms with Crippen molar-refractivity contribution >= 4 is 34.3 Å². The average Bonchev–Trinajstić information content (AvgIpc) is 3.32. The highest BCUT2D eigenvalue weighted by Gasteiger charge is 2.17. The molecule has 0 aliphatic heterocycles. The monoisotopic (exact) mass is 486 g/mol. The van der Waals surface area contributed by atoms with Crippen LogP contribution in [0.3, 0.4) is 0 Å². The predicted octanol–water partition coefficient (Wildman–Crippen LogP) is 3.60. The summed E-state index contributed by atoms with van der Waals surface area (Å²) >= 11 is 0. The molecule has 1 amide bonds. The van der Waals surface area contributed by atoms with Gasteiger partial charge >= 0.3 is 0 Å². The lowest BCUT2D eigenvalue weighted by atomic mass is 10.0. The minimum atomic E-state index is -0.534. The van der Waals surface area contributed by atoms with E-state index in [0.29, 0.717) is 29.3 Å². The molecule has 0 aliphatic carbocycles. The van der Waals surface area contributed by atoms with Crippen molar-refractivity contribution in [1.82, 2.24) is 25.1 Å². The zero-order chi connectivity index (χ0) is 25.8. The molecule has 5 aromatic rings. The van der Waals surface area contributed by atoms with E-state index in [-0.39, 0.29) is 17.2 Å². The number of pyridine rings is 1. The van der Waals surface area contributed by atoms with Crippen LogP contribution in [-0.2, 0) is 6.54 Å². The van der Waals surface area contributed by atoms with Crippen LogP contribution in [0.5, 0.6) is 0 Å². The summed E-state index contributed by atoms with van der Waals surface area (Å²) in [5.74, 6) is 0.167. The van der Waals surface area contributed by atoms with E-state index in [1.54, 1.807) is 30.5 Å². The number of nitrogens with zero attached hydrogens (tertiary/aromatic N) is 6. The number of rotatable bonds is 6. The molecule has 0 unspecified atom stereocenters. The van der Waals surface area contributed by atoms with Gasteiger partial charge in [0.2, 0.25) is 0 Å². The molecule has 0 saturated heterocycles. The van der Waals surface area contributed by atoms with Gasteiger partial charge in [0, 0.05) is 24.0 Å². The first-order valence-corrected chi connectivity index (χ1v) is 11.1. The number of amides is 1. The van der Waals surface area contributed by atoms with E-state index in [0.717, 1.165) is 22.1 Å². The molecule has 0 bridgehead atoms. The first kappa shape index (κ1) is 23.0. The summed E-state index contributed by atoms with van der Waals surface area (Å²) in [5, 5.41) is 31.5. The number of benzene rings is 2. The van der Waals surface area contributed by atoms with Gasteiger partial charge in [0.15, 0.2) is 22.9 Å². The second-order valence-corrected chi connectivity index (χ2v) is 7.99. The first-order chi connectivity index (χ1) is 18.0. The fourth-order valence-corrected chi connectivity index (χ4v) is 3.63. The maximum Gasteiger partial charge on any atom is 0.278 e. The fourth-order valence-electron chi connectivity index (χ4n) is 3.63. The minimum absolute atomic E-state index is 0.0166. The summed E-state index contributed by atoms with van der Waals surface area (Å²) in [5.41, 5.74) is 10.2. The number of nitrogens with one attached hydrogen (secondary N) is 3. The highest BCUT2D eigenvalue weighted by Crippen LogP contribution is 2.25. The van der Waals surface area contributed by atoms with Gasteiger partial charge in [-0.25, -0.2) is 15.0 Å². The van der Waals surface area contributed by atoms with Crippen LogP contribution in [-0.4, -0.2) is 31.1 Å². The van der Waals surface area contributed by atoms with Gasteiger partial charge in [0.25, 0.3) is 5.91 Å². The summed E-state index contributed by atoms with van der Waals surface area (Å²) in [6.07, 6.45) is 3.04. The third-order valence-corrected chi connectivity index (χ3v) is 5.56. The Kier molecular flexibility index (Phi) is 6.09. The van der Waals surface area contributed by atoms with Crippen molar-refractivity contribution in [3.8, 4) is 23.3 Å². The molecule has 3 aromatic heterocycles. The Balaban J connectivity index is 1.32. The number of aromatic amines is 1. The van der Waals surface area contributed by atoms with Crippen LogP contribution in [0.4, 0.5) is 17.3 Å². The zero-order valence-electron chi connectivity index (χ0n) is 19.2. The normalized spacial score (nSPS) is 10.4. The molecule has 0 aliphatic rings. The molecule has 5 N–H and O–H groups in total. The first-order valence-electron chi connectivity index (χ1n) is 11.1. The number of H-pyrrole nitrogens is 1. The van der Waals surface area contributed by atoms with Gasteiger partial charge in [-0.3, -0.25) is 9.89 Å². The van der Waals surface area contributed by atoms with Crippen molar-refractivity contribution in [3.05, 3.63) is 89.5 Å². The number of nitriles is 2. The van der Waals surface area contributed by atoms with Crippen molar-refractivity contribution in [2.24, 2.45) is 0 Å². The van der Waals surface area contributed by atoms with E-state index in [9.17, 15) is 10.1 Å². The summed E-state index contributed by atoms with van der Waals surface area (Å²) in [4.78, 5) is 25.6. The molecule has 37 heavy (non-hydrogen) atoms. The van der Waals surface area contributed by atoms with Crippen LogP contribution < -0.4 is 16.4 Å². The number of nitrogens with two attached hydrogens (primary N) is 1. The second-order valence-electron chi connectivity index (χ2n) is 7.99. The largest absolute Gasteiger partial charge is 0.384 e. The fraction of sp³-hybridized carbons (Fsp3) is 0.0385. The molecular weight excluding hydrogens is 468 g/mol. The van der Waals surface area contributed by atoms with Gasteiger partial charge in [-0.15, -0.1) is 0 Å². The average molecular weight is 486 g/mol.